The minimum Gasteiger partial charge on any atom is -0.361 e. The lowest BCUT2D eigenvalue weighted by Gasteiger charge is -2.36. The lowest BCUT2D eigenvalue weighted by atomic mass is 9.91. The first-order chi connectivity index (χ1) is 21.2. The van der Waals surface area contributed by atoms with E-state index >= 15 is 0 Å². The highest BCUT2D eigenvalue weighted by Crippen LogP contribution is 2.34. The molecule has 0 unspecified atom stereocenters. The Bertz CT molecular complexity index is 1700. The van der Waals surface area contributed by atoms with Gasteiger partial charge in [0.2, 0.25) is 11.8 Å². The van der Waals surface area contributed by atoms with Crippen molar-refractivity contribution in [2.24, 2.45) is 0 Å². The molecule has 6 rings (SSSR count). The number of nitrogens with zero attached hydrogens (tertiary/aromatic N) is 4. The van der Waals surface area contributed by atoms with E-state index in [0.29, 0.717) is 12.2 Å². The Morgan fingerprint density at radius 2 is 1.80 bits per heavy atom. The molecule has 2 N–H and O–H groups in total. The van der Waals surface area contributed by atoms with Crippen LogP contribution in [0.5, 0.6) is 0 Å². The molecule has 2 aliphatic heterocycles. The van der Waals surface area contributed by atoms with E-state index in [2.05, 4.69) is 33.4 Å². The number of hydrogen-bond acceptors (Lipinski definition) is 4. The standard InChI is InChI=1S/C34H37FN6O3/c1-22(28-19-36-29-7-5-4-6-27(28)29)32(33(43)41-15-14-24-9-8-23(18-30(24)41)20-38(2)3)37-34(44)39-16-17-40(31(42)21-39)26-12-10-25(35)11-13-26/h4-13,18-19,22,32,36H,14-17,20-21H2,1-3H3,(H,37,44)/t22-,32+/m0/s1. The maximum Gasteiger partial charge on any atom is 0.318 e. The number of rotatable bonds is 7. The maximum absolute atomic E-state index is 14.4. The first-order valence-corrected chi connectivity index (χ1v) is 14.9. The highest BCUT2D eigenvalue weighted by molar-refractivity contribution is 6.03. The largest absolute Gasteiger partial charge is 0.361 e. The fraction of sp³-hybridized carbons (Fsp3) is 0.324. The van der Waals surface area contributed by atoms with Crippen molar-refractivity contribution in [3.8, 4) is 0 Å². The molecule has 0 radical (unpaired) electrons. The topological polar surface area (TPSA) is 92.0 Å². The number of carbonyl (C=O) groups excluding carboxylic acids is 3. The molecule has 1 fully saturated rings. The Balaban J connectivity index is 1.26. The van der Waals surface area contributed by atoms with Gasteiger partial charge in [0.25, 0.3) is 0 Å². The molecule has 0 aliphatic carbocycles. The smallest absolute Gasteiger partial charge is 0.318 e. The van der Waals surface area contributed by atoms with Gasteiger partial charge in [-0.2, -0.15) is 0 Å². The van der Waals surface area contributed by atoms with Gasteiger partial charge in [0, 0.05) is 60.6 Å². The van der Waals surface area contributed by atoms with Gasteiger partial charge in [-0.25, -0.2) is 9.18 Å². The second kappa shape index (κ2) is 12.1. The molecule has 0 saturated carbocycles. The molecular formula is C34H37FN6O3. The quantitative estimate of drug-likeness (QED) is 0.329. The van der Waals surface area contributed by atoms with Crippen LogP contribution in [0.4, 0.5) is 20.6 Å². The fourth-order valence-electron chi connectivity index (χ4n) is 6.30. The zero-order valence-corrected chi connectivity index (χ0v) is 25.2. The Hall–Kier alpha value is -4.70. The number of aromatic nitrogens is 1. The third-order valence-electron chi connectivity index (χ3n) is 8.61. The van der Waals surface area contributed by atoms with Gasteiger partial charge in [-0.15, -0.1) is 0 Å². The number of benzene rings is 3. The number of piperazine rings is 1. The number of aromatic amines is 1. The molecule has 44 heavy (non-hydrogen) atoms. The van der Waals surface area contributed by atoms with Crippen LogP contribution in [0.15, 0.2) is 72.9 Å². The zero-order chi connectivity index (χ0) is 31.0. The highest BCUT2D eigenvalue weighted by Gasteiger charge is 2.38. The first-order valence-electron chi connectivity index (χ1n) is 14.9. The summed E-state index contributed by atoms with van der Waals surface area (Å²) in [4.78, 5) is 51.4. The Kier molecular flexibility index (Phi) is 8.09. The number of H-pyrrole nitrogens is 1. The lowest BCUT2D eigenvalue weighted by molar-refractivity contribution is -0.120. The van der Waals surface area contributed by atoms with Gasteiger partial charge < -0.3 is 29.9 Å². The number of nitrogens with one attached hydrogen (secondary N) is 2. The molecule has 3 heterocycles. The van der Waals surface area contributed by atoms with Crippen LogP contribution in [0.25, 0.3) is 10.9 Å². The van der Waals surface area contributed by atoms with E-state index in [1.165, 1.54) is 17.0 Å². The fourth-order valence-corrected chi connectivity index (χ4v) is 6.30. The maximum atomic E-state index is 14.4. The van der Waals surface area contributed by atoms with Crippen LogP contribution < -0.4 is 15.1 Å². The molecule has 0 spiro atoms. The first kappa shape index (κ1) is 29.4. The molecule has 10 heteroatoms. The summed E-state index contributed by atoms with van der Waals surface area (Å²) in [6.45, 7) is 3.63. The van der Waals surface area contributed by atoms with Crippen molar-refractivity contribution in [3.05, 3.63) is 95.4 Å². The second-order valence-electron chi connectivity index (χ2n) is 11.9. The minimum atomic E-state index is -0.879. The van der Waals surface area contributed by atoms with Gasteiger partial charge in [-0.05, 0) is 73.6 Å². The van der Waals surface area contributed by atoms with E-state index in [1.54, 1.807) is 21.9 Å². The number of anilines is 2. The predicted molar refractivity (Wildman–Crippen MR) is 169 cm³/mol. The SMILES string of the molecule is C[C@@H](c1c[nH]c2ccccc12)[C@@H](NC(=O)N1CCN(c2ccc(F)cc2)C(=O)C1)C(=O)N1CCc2ccc(CN(C)C)cc21. The summed E-state index contributed by atoms with van der Waals surface area (Å²) < 4.78 is 13.4. The average molecular weight is 597 g/mol. The van der Waals surface area contributed by atoms with Gasteiger partial charge >= 0.3 is 6.03 Å². The van der Waals surface area contributed by atoms with Crippen LogP contribution >= 0.6 is 0 Å². The third kappa shape index (κ3) is 5.77. The number of urea groups is 1. The van der Waals surface area contributed by atoms with Crippen LogP contribution in [-0.2, 0) is 22.6 Å². The highest BCUT2D eigenvalue weighted by atomic mass is 19.1. The lowest BCUT2D eigenvalue weighted by Crippen LogP contribution is -2.59. The summed E-state index contributed by atoms with van der Waals surface area (Å²) in [5.41, 5.74) is 5.55. The summed E-state index contributed by atoms with van der Waals surface area (Å²) >= 11 is 0. The molecule has 1 saturated heterocycles. The zero-order valence-electron chi connectivity index (χ0n) is 25.2. The third-order valence-corrected chi connectivity index (χ3v) is 8.61. The minimum absolute atomic E-state index is 0.147. The van der Waals surface area contributed by atoms with Crippen molar-refractivity contribution in [1.82, 2.24) is 20.1 Å². The van der Waals surface area contributed by atoms with Crippen LogP contribution in [-0.4, -0.2) is 78.9 Å². The monoisotopic (exact) mass is 596 g/mol. The van der Waals surface area contributed by atoms with Gasteiger partial charge in [-0.3, -0.25) is 9.59 Å². The molecule has 4 aromatic rings. The van der Waals surface area contributed by atoms with Crippen LogP contribution in [0.2, 0.25) is 0 Å². The average Bonchev–Trinajstić information content (AvgIpc) is 3.64. The van der Waals surface area contributed by atoms with Gasteiger partial charge in [-0.1, -0.05) is 37.3 Å². The Labute approximate surface area is 256 Å². The normalized spacial score (nSPS) is 16.4. The molecule has 4 amide bonds. The number of fused-ring (bicyclic) bond motifs is 2. The Morgan fingerprint density at radius 1 is 1.02 bits per heavy atom. The molecule has 9 nitrogen and oxygen atoms in total. The van der Waals surface area contributed by atoms with Crippen molar-refractivity contribution in [3.63, 3.8) is 0 Å². The molecule has 2 aliphatic rings. The van der Waals surface area contributed by atoms with E-state index in [-0.39, 0.29) is 43.2 Å². The van der Waals surface area contributed by atoms with Crippen molar-refractivity contribution in [2.75, 3.05) is 50.1 Å². The van der Waals surface area contributed by atoms with Crippen LogP contribution in [0.1, 0.15) is 29.5 Å². The summed E-state index contributed by atoms with van der Waals surface area (Å²) in [7, 11) is 4.02. The molecule has 2 atom stereocenters. The second-order valence-corrected chi connectivity index (χ2v) is 11.9. The van der Waals surface area contributed by atoms with Crippen LogP contribution in [0, 0.1) is 5.82 Å². The number of para-hydroxylation sites is 1. The summed E-state index contributed by atoms with van der Waals surface area (Å²) in [6, 6.07) is 18.5. The summed E-state index contributed by atoms with van der Waals surface area (Å²) in [6.07, 6.45) is 2.64. The van der Waals surface area contributed by atoms with E-state index < -0.39 is 12.1 Å². The molecule has 3 aromatic carbocycles. The van der Waals surface area contributed by atoms with Crippen molar-refractivity contribution >= 4 is 40.1 Å². The predicted octanol–water partition coefficient (Wildman–Crippen LogP) is 4.49. The van der Waals surface area contributed by atoms with Crippen LogP contribution in [0.3, 0.4) is 0 Å². The Morgan fingerprint density at radius 3 is 2.55 bits per heavy atom. The molecule has 228 valence electrons. The van der Waals surface area contributed by atoms with Gasteiger partial charge in [0.1, 0.15) is 18.4 Å². The van der Waals surface area contributed by atoms with Crippen molar-refractivity contribution in [2.45, 2.75) is 31.8 Å². The van der Waals surface area contributed by atoms with E-state index in [4.69, 9.17) is 0 Å². The van der Waals surface area contributed by atoms with E-state index in [1.807, 2.05) is 51.5 Å². The van der Waals surface area contributed by atoms with E-state index in [9.17, 15) is 18.8 Å². The number of carbonyl (C=O) groups is 3. The number of hydrogen-bond donors (Lipinski definition) is 2. The number of amides is 4. The van der Waals surface area contributed by atoms with Crippen molar-refractivity contribution < 1.29 is 18.8 Å². The van der Waals surface area contributed by atoms with Gasteiger partial charge in [0.05, 0.1) is 0 Å². The van der Waals surface area contributed by atoms with E-state index in [0.717, 1.165) is 46.2 Å². The van der Waals surface area contributed by atoms with Gasteiger partial charge in [0.15, 0.2) is 0 Å². The molecular weight excluding hydrogens is 559 g/mol. The summed E-state index contributed by atoms with van der Waals surface area (Å²) in [5, 5.41) is 4.02. The summed E-state index contributed by atoms with van der Waals surface area (Å²) in [5.74, 6) is -1.21. The molecule has 1 aromatic heterocycles. The van der Waals surface area contributed by atoms with Crippen molar-refractivity contribution in [1.29, 1.82) is 0 Å². The molecule has 0 bridgehead atoms. The number of halogens is 1.